The molecule has 107 heavy (non-hydrogen) atoms. The van der Waals surface area contributed by atoms with E-state index in [1.165, 1.54) is 285 Å². The van der Waals surface area contributed by atoms with Crippen LogP contribution < -0.4 is 36.7 Å². The number of nitrogens with zero attached hydrogens (tertiary/aromatic N) is 2. The molecule has 0 radical (unpaired) electrons. The van der Waals surface area contributed by atoms with E-state index < -0.39 is 86.2 Å². The molecule has 2 aliphatic rings. The average Bonchev–Trinajstić information content (AvgIpc) is 1.76. The molecule has 21 heteroatoms. The minimum atomic E-state index is -2.85. The molecular formula is C86H146N4O16P+. The number of unbranched alkanes of at least 4 members (excludes halogenated alkanes) is 45. The van der Waals surface area contributed by atoms with Crippen LogP contribution in [0.4, 0.5) is 0 Å². The molecule has 2 aromatic heterocycles. The summed E-state index contributed by atoms with van der Waals surface area (Å²) in [6.07, 6.45) is 58.9. The summed E-state index contributed by atoms with van der Waals surface area (Å²) in [5.41, 5.74) is -1.26. The Morgan fingerprint density at radius 1 is 0.439 bits per heavy atom. The molecule has 2 aliphatic heterocycles. The summed E-state index contributed by atoms with van der Waals surface area (Å²) >= 11 is 0. The minimum Gasteiger partial charge on any atom is -0.490 e. The molecule has 2 fully saturated rings. The van der Waals surface area contributed by atoms with E-state index in [-0.39, 0.29) is 37.9 Å². The summed E-state index contributed by atoms with van der Waals surface area (Å²) in [4.78, 5) is 82.2. The third-order valence-corrected chi connectivity index (χ3v) is 22.1. The molecule has 5 rings (SSSR count). The van der Waals surface area contributed by atoms with Crippen molar-refractivity contribution < 1.29 is 56.4 Å². The Balaban J connectivity index is 1.19. The van der Waals surface area contributed by atoms with E-state index in [0.717, 1.165) is 51.4 Å². The number of hydrogen-bond acceptors (Lipinski definition) is 16. The number of aromatic amines is 2. The molecule has 1 unspecified atom stereocenters. The van der Waals surface area contributed by atoms with Crippen LogP contribution in [0.5, 0.6) is 17.2 Å². The molecule has 0 spiro atoms. The molecule has 3 aromatic rings. The predicted octanol–water partition coefficient (Wildman–Crippen LogP) is 22.1. The fourth-order valence-electron chi connectivity index (χ4n) is 14.6. The third-order valence-electron chi connectivity index (χ3n) is 21.3. The van der Waals surface area contributed by atoms with Crippen molar-refractivity contribution in [3.63, 3.8) is 0 Å². The van der Waals surface area contributed by atoms with Crippen molar-refractivity contribution in [3.05, 3.63) is 82.9 Å². The van der Waals surface area contributed by atoms with Gasteiger partial charge in [0.25, 0.3) is 11.1 Å². The average molecular weight is 1520 g/mol. The Labute approximate surface area is 644 Å². The molecule has 610 valence electrons. The van der Waals surface area contributed by atoms with Gasteiger partial charge in [-0.15, -0.1) is 9.05 Å². The van der Waals surface area contributed by atoms with Crippen LogP contribution in [0.2, 0.25) is 0 Å². The summed E-state index contributed by atoms with van der Waals surface area (Å²) in [6, 6.07) is 3.78. The Morgan fingerprint density at radius 2 is 0.766 bits per heavy atom. The zero-order valence-electron chi connectivity index (χ0n) is 67.7. The van der Waals surface area contributed by atoms with Gasteiger partial charge in [-0.1, -0.05) is 317 Å². The van der Waals surface area contributed by atoms with Crippen molar-refractivity contribution in [1.82, 2.24) is 19.1 Å². The maximum atomic E-state index is 13.7. The van der Waals surface area contributed by atoms with Gasteiger partial charge in [-0.2, -0.15) is 0 Å². The topological polar surface area (TPSA) is 244 Å². The third kappa shape index (κ3) is 40.1. The standard InChI is InChI=1S/C86H145N4O16P/c1-7-11-14-17-20-23-26-29-32-35-38-41-44-47-50-53-58-98-75-61-71(62-76(99-59-54-51-48-45-42-39-36-33-30-27-24-21-18-15-12-8-2)82(75)100-60-55-52-49-46-43-40-37-34-31-28-25-22-19-16-13-9-3)67-101-80(91)56-57-81(92)105-73-63-78(89-65-69(5)83(93)87-85(89)95)104-77(73)68-102-107(97)106-74-64-79(103-72(74)10-4)90-66-70(6)84(94)88-86(90)96/h61-62,65-66,72-74,77-79H,7-60,63-64,67-68H2,1-6H3,(H-,87,88,93,94,95,96)/p+1/t72-,73-,74-,77-,78-,79-/m1/s1. The lowest BCUT2D eigenvalue weighted by Crippen LogP contribution is -2.33. The number of H-pyrrole nitrogens is 2. The van der Waals surface area contributed by atoms with Gasteiger partial charge in [0.2, 0.25) is 5.75 Å². The van der Waals surface area contributed by atoms with Crippen LogP contribution in [0.25, 0.3) is 0 Å². The smallest absolute Gasteiger partial charge is 0.490 e. The van der Waals surface area contributed by atoms with Crippen LogP contribution >= 0.6 is 8.25 Å². The van der Waals surface area contributed by atoms with E-state index in [1.807, 2.05) is 19.1 Å². The quantitative estimate of drug-likeness (QED) is 0.0303. The van der Waals surface area contributed by atoms with Gasteiger partial charge in [-0.05, 0) is 57.2 Å². The molecule has 20 nitrogen and oxygen atoms in total. The lowest BCUT2D eigenvalue weighted by atomic mass is 10.0. The van der Waals surface area contributed by atoms with Crippen molar-refractivity contribution in [2.75, 3.05) is 26.4 Å². The molecule has 0 bridgehead atoms. The molecule has 2 saturated heterocycles. The number of hydrogen-bond donors (Lipinski definition) is 2. The number of ether oxygens (including phenoxy) is 7. The molecular weight excluding hydrogens is 1380 g/mol. The first-order valence-electron chi connectivity index (χ1n) is 43.4. The zero-order chi connectivity index (χ0) is 76.7. The molecule has 1 aromatic carbocycles. The summed E-state index contributed by atoms with van der Waals surface area (Å²) < 4.78 is 71.7. The molecule has 7 atom stereocenters. The maximum absolute atomic E-state index is 13.7. The molecule has 0 aliphatic carbocycles. The number of nitrogens with one attached hydrogen (secondary N) is 2. The minimum absolute atomic E-state index is 0.0520. The maximum Gasteiger partial charge on any atom is 0.697 e. The molecule has 2 N–H and O–H groups in total. The van der Waals surface area contributed by atoms with Gasteiger partial charge in [0, 0.05) is 40.9 Å². The van der Waals surface area contributed by atoms with Crippen molar-refractivity contribution in [2.24, 2.45) is 0 Å². The van der Waals surface area contributed by atoms with Gasteiger partial charge in [0.15, 0.2) is 11.5 Å². The number of aromatic nitrogens is 4. The highest BCUT2D eigenvalue weighted by atomic mass is 31.1. The van der Waals surface area contributed by atoms with Crippen molar-refractivity contribution in [3.8, 4) is 17.2 Å². The summed E-state index contributed by atoms with van der Waals surface area (Å²) in [6.45, 7) is 12.8. The van der Waals surface area contributed by atoms with Gasteiger partial charge in [-0.3, -0.25) is 38.3 Å². The van der Waals surface area contributed by atoms with E-state index in [1.54, 1.807) is 6.92 Å². The predicted molar refractivity (Wildman–Crippen MR) is 428 cm³/mol. The van der Waals surface area contributed by atoms with Crippen molar-refractivity contribution in [1.29, 1.82) is 0 Å². The van der Waals surface area contributed by atoms with Crippen molar-refractivity contribution in [2.45, 2.75) is 425 Å². The van der Waals surface area contributed by atoms with Gasteiger partial charge < -0.3 is 33.2 Å². The van der Waals surface area contributed by atoms with E-state index in [9.17, 15) is 33.3 Å². The highest BCUT2D eigenvalue weighted by molar-refractivity contribution is 7.33. The molecule has 4 heterocycles. The lowest BCUT2D eigenvalue weighted by molar-refractivity contribution is -0.156. The number of esters is 2. The number of carbonyl (C=O) groups is 2. The highest BCUT2D eigenvalue weighted by Crippen LogP contribution is 2.42. The first-order valence-corrected chi connectivity index (χ1v) is 44.5. The van der Waals surface area contributed by atoms with E-state index in [4.69, 9.17) is 42.2 Å². The summed E-state index contributed by atoms with van der Waals surface area (Å²) in [7, 11) is -2.85. The van der Waals surface area contributed by atoms with Crippen LogP contribution in [0, 0.1) is 13.8 Å². The number of carbonyl (C=O) groups excluding carboxylic acids is 2. The largest absolute Gasteiger partial charge is 0.697 e. The van der Waals surface area contributed by atoms with Crippen molar-refractivity contribution >= 4 is 20.2 Å². The fraction of sp³-hybridized carbons (Fsp3) is 0.814. The Bertz CT molecular complexity index is 3030. The fourth-order valence-corrected chi connectivity index (χ4v) is 15.4. The van der Waals surface area contributed by atoms with Gasteiger partial charge in [0.05, 0.1) is 38.8 Å². The summed E-state index contributed by atoms with van der Waals surface area (Å²) in [5.74, 6) is 0.327. The van der Waals surface area contributed by atoms with Crippen LogP contribution in [0.3, 0.4) is 0 Å². The van der Waals surface area contributed by atoms with Gasteiger partial charge in [0.1, 0.15) is 44.0 Å². The Kier molecular flexibility index (Phi) is 50.8. The highest BCUT2D eigenvalue weighted by Gasteiger charge is 2.46. The van der Waals surface area contributed by atoms with Crippen LogP contribution in [0.1, 0.15) is 397 Å². The Morgan fingerprint density at radius 3 is 1.13 bits per heavy atom. The lowest BCUT2D eigenvalue weighted by Gasteiger charge is -2.19. The number of rotatable bonds is 68. The van der Waals surface area contributed by atoms with Crippen LogP contribution in [-0.2, 0) is 48.8 Å². The summed E-state index contributed by atoms with van der Waals surface area (Å²) in [5, 5.41) is 0. The number of benzene rings is 1. The molecule has 0 amide bonds. The second kappa shape index (κ2) is 58.7. The van der Waals surface area contributed by atoms with E-state index in [0.29, 0.717) is 54.6 Å². The van der Waals surface area contributed by atoms with E-state index >= 15 is 0 Å². The van der Waals surface area contributed by atoms with Crippen LogP contribution in [0.15, 0.2) is 43.7 Å². The van der Waals surface area contributed by atoms with Gasteiger partial charge >= 0.3 is 31.6 Å². The van der Waals surface area contributed by atoms with Crippen LogP contribution in [-0.4, -0.2) is 81.9 Å². The van der Waals surface area contributed by atoms with Gasteiger partial charge in [-0.25, -0.2) is 9.59 Å². The number of aryl methyl sites for hydroxylation is 2. The molecule has 0 saturated carbocycles. The second-order valence-corrected chi connectivity index (χ2v) is 31.7. The normalized spacial score (nSPS) is 17.3. The monoisotopic (exact) mass is 1520 g/mol. The zero-order valence-corrected chi connectivity index (χ0v) is 68.6. The second-order valence-electron chi connectivity index (χ2n) is 30.8. The SMILES string of the molecule is CCCCCCCCCCCCCCCCCCOc1cc(COC(=O)CCC(=O)O[C@@H]2C[C@H](n3cc(C)c(=O)[nH]c3=O)O[C@@H]2CO[P+](=O)O[C@@H]2C[C@H](n3cc(C)c(=O)[nH]c3=O)O[C@@H]2CC)cc(OCCCCCCCCCCCCCCCCCC)c1OCCCCCCCCCCCCCCCCCC. The first kappa shape index (κ1) is 92.5. The Hall–Kier alpha value is -5.14. The first-order chi connectivity index (χ1) is 52.2. The van der Waals surface area contributed by atoms with E-state index in [2.05, 4.69) is 30.7 Å².